The fourth-order valence-corrected chi connectivity index (χ4v) is 4.66. The van der Waals surface area contributed by atoms with E-state index in [9.17, 15) is 0 Å². The fourth-order valence-electron chi connectivity index (χ4n) is 4.66. The van der Waals surface area contributed by atoms with Crippen molar-refractivity contribution in [3.05, 3.63) is 115 Å². The van der Waals surface area contributed by atoms with Crippen LogP contribution in [0.5, 0.6) is 11.5 Å². The number of ether oxygens (including phenoxy) is 1. The third-order valence-corrected chi connectivity index (χ3v) is 6.15. The molecule has 0 aliphatic carbocycles. The van der Waals surface area contributed by atoms with E-state index in [1.54, 1.807) is 0 Å². The summed E-state index contributed by atoms with van der Waals surface area (Å²) >= 11 is 0. The number of hydrogen-bond donors (Lipinski definition) is 0. The Hall–Kier alpha value is -4.17. The van der Waals surface area contributed by atoms with Gasteiger partial charge in [-0.25, -0.2) is 0 Å². The van der Waals surface area contributed by atoms with Crippen molar-refractivity contribution in [1.82, 2.24) is 4.98 Å². The smallest absolute Gasteiger partial charge is 0.143 e. The number of nitrogens with zero attached hydrogens (tertiary/aromatic N) is 1. The van der Waals surface area contributed by atoms with Gasteiger partial charge in [0.1, 0.15) is 11.5 Å². The Balaban J connectivity index is 1.75. The molecule has 0 atom stereocenters. The lowest BCUT2D eigenvalue weighted by molar-refractivity contribution is 0.494. The van der Waals surface area contributed by atoms with Crippen molar-refractivity contribution in [2.75, 3.05) is 0 Å². The van der Waals surface area contributed by atoms with Crippen LogP contribution in [-0.4, -0.2) is 4.98 Å². The maximum atomic E-state index is 6.47. The molecule has 0 radical (unpaired) electrons. The average Bonchev–Trinajstić information content (AvgIpc) is 2.86. The van der Waals surface area contributed by atoms with E-state index in [0.29, 0.717) is 0 Å². The summed E-state index contributed by atoms with van der Waals surface area (Å²) in [6.45, 7) is 2.17. The monoisotopic (exact) mass is 411 g/mol. The normalized spacial score (nSPS) is 11.3. The molecule has 32 heavy (non-hydrogen) atoms. The zero-order valence-electron chi connectivity index (χ0n) is 17.7. The van der Waals surface area contributed by atoms with Gasteiger partial charge in [-0.3, -0.25) is 4.98 Å². The van der Waals surface area contributed by atoms with Gasteiger partial charge in [-0.2, -0.15) is 0 Å². The second kappa shape index (κ2) is 7.51. The number of pyridine rings is 1. The highest BCUT2D eigenvalue weighted by atomic mass is 16.5. The van der Waals surface area contributed by atoms with E-state index in [4.69, 9.17) is 4.74 Å². The van der Waals surface area contributed by atoms with Crippen molar-refractivity contribution < 1.29 is 4.74 Å². The zero-order chi connectivity index (χ0) is 21.5. The van der Waals surface area contributed by atoms with Crippen LogP contribution in [0.4, 0.5) is 0 Å². The Morgan fingerprint density at radius 1 is 0.562 bits per heavy atom. The number of hydrogen-bond acceptors (Lipinski definition) is 2. The molecule has 0 saturated carbocycles. The highest BCUT2D eigenvalue weighted by molar-refractivity contribution is 6.20. The van der Waals surface area contributed by atoms with Gasteiger partial charge in [0.2, 0.25) is 0 Å². The van der Waals surface area contributed by atoms with Crippen LogP contribution in [-0.2, 0) is 0 Å². The van der Waals surface area contributed by atoms with E-state index in [1.807, 2.05) is 42.7 Å². The molecule has 0 spiro atoms. The molecule has 2 nitrogen and oxygen atoms in total. The Kier molecular flexibility index (Phi) is 4.36. The van der Waals surface area contributed by atoms with E-state index in [2.05, 4.69) is 78.6 Å². The number of aryl methyl sites for hydroxylation is 1. The van der Waals surface area contributed by atoms with Gasteiger partial charge in [0, 0.05) is 28.6 Å². The first-order valence-corrected chi connectivity index (χ1v) is 10.8. The molecule has 1 aromatic heterocycles. The summed E-state index contributed by atoms with van der Waals surface area (Å²) in [7, 11) is 0. The third kappa shape index (κ3) is 2.92. The summed E-state index contributed by atoms with van der Waals surface area (Å²) in [6.07, 6.45) is 3.80. The molecule has 0 amide bonds. The van der Waals surface area contributed by atoms with Gasteiger partial charge in [0.15, 0.2) is 0 Å². The van der Waals surface area contributed by atoms with Gasteiger partial charge >= 0.3 is 0 Å². The van der Waals surface area contributed by atoms with Crippen molar-refractivity contribution in [3.63, 3.8) is 0 Å². The van der Waals surface area contributed by atoms with E-state index in [-0.39, 0.29) is 0 Å². The molecule has 5 aromatic carbocycles. The van der Waals surface area contributed by atoms with Crippen LogP contribution in [0.2, 0.25) is 0 Å². The second-order valence-electron chi connectivity index (χ2n) is 8.06. The molecule has 6 aromatic rings. The maximum absolute atomic E-state index is 6.47. The van der Waals surface area contributed by atoms with Crippen LogP contribution in [0.3, 0.4) is 0 Å². The summed E-state index contributed by atoms with van der Waals surface area (Å²) < 4.78 is 6.47. The molecule has 6 rings (SSSR count). The van der Waals surface area contributed by atoms with Crippen molar-refractivity contribution in [3.8, 4) is 22.6 Å². The minimum atomic E-state index is 0.823. The standard InChI is InChI=1S/C30H21NO/c1-20-15-16-25(23-12-6-5-11-22(20)23)29-24-13-7-8-14-26(24)30(27-17-18-31-19-28(27)29)32-21-9-3-2-4-10-21/h2-19H,1H3. The van der Waals surface area contributed by atoms with E-state index >= 15 is 0 Å². The summed E-state index contributed by atoms with van der Waals surface area (Å²) in [5.74, 6) is 1.69. The molecule has 0 saturated heterocycles. The summed E-state index contributed by atoms with van der Waals surface area (Å²) in [5, 5.41) is 6.92. The quantitative estimate of drug-likeness (QED) is 0.273. The van der Waals surface area contributed by atoms with Gasteiger partial charge in [-0.05, 0) is 58.0 Å². The highest BCUT2D eigenvalue weighted by Gasteiger charge is 2.18. The molecule has 0 aliphatic heterocycles. The largest absolute Gasteiger partial charge is 0.456 e. The van der Waals surface area contributed by atoms with Gasteiger partial charge in [0.05, 0.1) is 0 Å². The van der Waals surface area contributed by atoms with Crippen molar-refractivity contribution >= 4 is 32.3 Å². The molecule has 0 fully saturated rings. The number of benzene rings is 5. The molecule has 1 heterocycles. The predicted octanol–water partition coefficient (Wildman–Crippen LogP) is 8.31. The van der Waals surface area contributed by atoms with Crippen molar-refractivity contribution in [2.24, 2.45) is 0 Å². The highest BCUT2D eigenvalue weighted by Crippen LogP contribution is 2.45. The van der Waals surface area contributed by atoms with E-state index < -0.39 is 0 Å². The van der Waals surface area contributed by atoms with Crippen LogP contribution >= 0.6 is 0 Å². The third-order valence-electron chi connectivity index (χ3n) is 6.15. The SMILES string of the molecule is Cc1ccc(-c2c3ccccc3c(Oc3ccccc3)c3ccncc23)c2ccccc12. The van der Waals surface area contributed by atoms with Crippen LogP contribution in [0.25, 0.3) is 43.4 Å². The van der Waals surface area contributed by atoms with Crippen LogP contribution < -0.4 is 4.74 Å². The zero-order valence-corrected chi connectivity index (χ0v) is 17.7. The molecule has 0 N–H and O–H groups in total. The number of para-hydroxylation sites is 1. The minimum absolute atomic E-state index is 0.823. The summed E-state index contributed by atoms with van der Waals surface area (Å²) in [5.41, 5.74) is 3.69. The molecular formula is C30H21NO. The minimum Gasteiger partial charge on any atom is -0.456 e. The van der Waals surface area contributed by atoms with Crippen molar-refractivity contribution in [1.29, 1.82) is 0 Å². The van der Waals surface area contributed by atoms with Crippen molar-refractivity contribution in [2.45, 2.75) is 6.92 Å². The topological polar surface area (TPSA) is 22.1 Å². The molecule has 0 bridgehead atoms. The van der Waals surface area contributed by atoms with E-state index in [0.717, 1.165) is 33.0 Å². The first-order valence-electron chi connectivity index (χ1n) is 10.8. The summed E-state index contributed by atoms with van der Waals surface area (Å²) in [6, 6.07) is 33.6. The second-order valence-corrected chi connectivity index (χ2v) is 8.06. The Morgan fingerprint density at radius 2 is 1.22 bits per heavy atom. The molecule has 152 valence electrons. The number of fused-ring (bicyclic) bond motifs is 3. The fraction of sp³-hybridized carbons (Fsp3) is 0.0333. The van der Waals surface area contributed by atoms with Gasteiger partial charge in [-0.1, -0.05) is 78.9 Å². The molecule has 2 heteroatoms. The number of aromatic nitrogens is 1. The Labute approximate surface area is 186 Å². The summed E-state index contributed by atoms with van der Waals surface area (Å²) in [4.78, 5) is 4.50. The first-order chi connectivity index (χ1) is 15.8. The lowest BCUT2D eigenvalue weighted by Crippen LogP contribution is -1.93. The van der Waals surface area contributed by atoms with E-state index in [1.165, 1.54) is 27.5 Å². The maximum Gasteiger partial charge on any atom is 0.143 e. The number of rotatable bonds is 3. The Bertz CT molecular complexity index is 1550. The lowest BCUT2D eigenvalue weighted by atomic mass is 9.88. The molecular weight excluding hydrogens is 390 g/mol. The molecule has 0 aliphatic rings. The van der Waals surface area contributed by atoms with Gasteiger partial charge in [-0.15, -0.1) is 0 Å². The first kappa shape index (κ1) is 18.6. The van der Waals surface area contributed by atoms with Crippen LogP contribution in [0.1, 0.15) is 5.56 Å². The van der Waals surface area contributed by atoms with Crippen LogP contribution in [0, 0.1) is 6.92 Å². The van der Waals surface area contributed by atoms with Gasteiger partial charge < -0.3 is 4.74 Å². The Morgan fingerprint density at radius 3 is 2.03 bits per heavy atom. The van der Waals surface area contributed by atoms with Crippen LogP contribution in [0.15, 0.2) is 109 Å². The predicted molar refractivity (Wildman–Crippen MR) is 133 cm³/mol. The lowest BCUT2D eigenvalue weighted by Gasteiger charge is -2.18. The van der Waals surface area contributed by atoms with Gasteiger partial charge in [0.25, 0.3) is 0 Å². The molecule has 0 unspecified atom stereocenters. The average molecular weight is 412 g/mol.